The Balaban J connectivity index is 2.22. The Bertz CT molecular complexity index is 511. The van der Waals surface area contributed by atoms with Crippen LogP contribution in [0.25, 0.3) is 0 Å². The monoisotopic (exact) mass is 262 g/mol. The zero-order valence-corrected chi connectivity index (χ0v) is 11.3. The van der Waals surface area contributed by atoms with Crippen LogP contribution in [0.3, 0.4) is 0 Å². The summed E-state index contributed by atoms with van der Waals surface area (Å²) in [6.07, 6.45) is 0.0215. The largest absolute Gasteiger partial charge is 0.469 e. The molecular weight excluding hydrogens is 244 g/mol. The number of anilines is 2. The predicted molar refractivity (Wildman–Crippen MR) is 73.2 cm³/mol. The van der Waals surface area contributed by atoms with Gasteiger partial charge in [0.25, 0.3) is 0 Å². The Morgan fingerprint density at radius 1 is 1.37 bits per heavy atom. The Kier molecular flexibility index (Phi) is 3.74. The summed E-state index contributed by atoms with van der Waals surface area (Å²) in [4.78, 5) is 23.1. The number of methoxy groups -OCH3 is 1. The smallest absolute Gasteiger partial charge is 0.308 e. The normalized spacial score (nSPS) is 17.5. The highest BCUT2D eigenvalue weighted by Crippen LogP contribution is 2.30. The standard InChI is InChI=1S/C14H18N2O3/c1-8(2)9-4-5-10-11(6-9)15-12(14(18)16-10)7-13(17)19-3/h4-6,8,12,15H,7H2,1-3H3,(H,16,18). The molecule has 2 rings (SSSR count). The summed E-state index contributed by atoms with van der Waals surface area (Å²) in [5.74, 6) is -0.213. The molecule has 0 fully saturated rings. The maximum atomic E-state index is 11.8. The van der Waals surface area contributed by atoms with E-state index in [4.69, 9.17) is 0 Å². The van der Waals surface area contributed by atoms with Gasteiger partial charge in [0.15, 0.2) is 0 Å². The Morgan fingerprint density at radius 2 is 2.11 bits per heavy atom. The van der Waals surface area contributed by atoms with Gasteiger partial charge in [0.2, 0.25) is 5.91 Å². The van der Waals surface area contributed by atoms with Crippen molar-refractivity contribution >= 4 is 23.3 Å². The molecule has 102 valence electrons. The van der Waals surface area contributed by atoms with Gasteiger partial charge in [-0.15, -0.1) is 0 Å². The van der Waals surface area contributed by atoms with Crippen LogP contribution in [0.2, 0.25) is 0 Å². The van der Waals surface area contributed by atoms with Gasteiger partial charge in [-0.3, -0.25) is 9.59 Å². The second-order valence-electron chi connectivity index (χ2n) is 4.93. The van der Waals surface area contributed by atoms with E-state index < -0.39 is 12.0 Å². The number of hydrogen-bond acceptors (Lipinski definition) is 4. The first-order chi connectivity index (χ1) is 9.01. The van der Waals surface area contributed by atoms with E-state index in [9.17, 15) is 9.59 Å². The minimum absolute atomic E-state index is 0.0215. The zero-order chi connectivity index (χ0) is 14.0. The molecule has 1 heterocycles. The van der Waals surface area contributed by atoms with Crippen molar-refractivity contribution in [3.05, 3.63) is 23.8 Å². The number of hydrogen-bond donors (Lipinski definition) is 2. The Labute approximate surface area is 112 Å². The van der Waals surface area contributed by atoms with Crippen LogP contribution < -0.4 is 10.6 Å². The van der Waals surface area contributed by atoms with E-state index >= 15 is 0 Å². The number of rotatable bonds is 3. The number of nitrogens with one attached hydrogen (secondary N) is 2. The number of benzene rings is 1. The molecule has 0 bridgehead atoms. The molecular formula is C14H18N2O3. The fourth-order valence-corrected chi connectivity index (χ4v) is 2.02. The van der Waals surface area contributed by atoms with Crippen molar-refractivity contribution < 1.29 is 14.3 Å². The van der Waals surface area contributed by atoms with Crippen LogP contribution in [0.1, 0.15) is 31.7 Å². The van der Waals surface area contributed by atoms with Gasteiger partial charge in [-0.2, -0.15) is 0 Å². The maximum Gasteiger partial charge on any atom is 0.308 e. The summed E-state index contributed by atoms with van der Waals surface area (Å²) in [5.41, 5.74) is 2.77. The summed E-state index contributed by atoms with van der Waals surface area (Å²) in [6.45, 7) is 4.21. The minimum atomic E-state index is -0.581. The highest BCUT2D eigenvalue weighted by atomic mass is 16.5. The molecule has 0 spiro atoms. The summed E-state index contributed by atoms with van der Waals surface area (Å²) in [6, 6.07) is 5.29. The van der Waals surface area contributed by atoms with Gasteiger partial charge in [0, 0.05) is 0 Å². The minimum Gasteiger partial charge on any atom is -0.469 e. The van der Waals surface area contributed by atoms with Crippen molar-refractivity contribution in [2.45, 2.75) is 32.2 Å². The first-order valence-corrected chi connectivity index (χ1v) is 6.29. The van der Waals surface area contributed by atoms with Crippen LogP contribution in [0.4, 0.5) is 11.4 Å². The molecule has 19 heavy (non-hydrogen) atoms. The topological polar surface area (TPSA) is 67.4 Å². The van der Waals surface area contributed by atoms with Crippen LogP contribution in [-0.4, -0.2) is 25.0 Å². The molecule has 2 N–H and O–H groups in total. The number of carbonyl (C=O) groups excluding carboxylic acids is 2. The number of fused-ring (bicyclic) bond motifs is 1. The SMILES string of the molecule is COC(=O)CC1Nc2cc(C(C)C)ccc2NC1=O. The van der Waals surface area contributed by atoms with E-state index in [2.05, 4.69) is 29.2 Å². The van der Waals surface area contributed by atoms with E-state index in [0.29, 0.717) is 5.92 Å². The lowest BCUT2D eigenvalue weighted by molar-refractivity contribution is -0.142. The van der Waals surface area contributed by atoms with E-state index in [0.717, 1.165) is 11.4 Å². The van der Waals surface area contributed by atoms with E-state index in [1.165, 1.54) is 12.7 Å². The molecule has 0 saturated carbocycles. The average Bonchev–Trinajstić information content (AvgIpc) is 2.38. The third-order valence-corrected chi connectivity index (χ3v) is 3.21. The number of carbonyl (C=O) groups is 2. The molecule has 1 aromatic carbocycles. The van der Waals surface area contributed by atoms with Crippen molar-refractivity contribution in [2.24, 2.45) is 0 Å². The summed E-state index contributed by atoms with van der Waals surface area (Å²) in [7, 11) is 1.31. The summed E-state index contributed by atoms with van der Waals surface area (Å²) < 4.78 is 4.59. The average molecular weight is 262 g/mol. The second kappa shape index (κ2) is 5.30. The third kappa shape index (κ3) is 2.86. The molecule has 0 aliphatic carbocycles. The fourth-order valence-electron chi connectivity index (χ4n) is 2.02. The van der Waals surface area contributed by atoms with Crippen LogP contribution >= 0.6 is 0 Å². The van der Waals surface area contributed by atoms with Crippen molar-refractivity contribution in [3.63, 3.8) is 0 Å². The third-order valence-electron chi connectivity index (χ3n) is 3.21. The van der Waals surface area contributed by atoms with Crippen molar-refractivity contribution in [3.8, 4) is 0 Å². The lowest BCUT2D eigenvalue weighted by Crippen LogP contribution is -2.40. The highest BCUT2D eigenvalue weighted by molar-refractivity contribution is 6.04. The molecule has 1 amide bonds. The quantitative estimate of drug-likeness (QED) is 0.819. The van der Waals surface area contributed by atoms with E-state index in [1.54, 1.807) is 0 Å². The van der Waals surface area contributed by atoms with Crippen LogP contribution in [0.15, 0.2) is 18.2 Å². The lowest BCUT2D eigenvalue weighted by atomic mass is 10.00. The predicted octanol–water partition coefficient (Wildman–Crippen LogP) is 2.11. The van der Waals surface area contributed by atoms with Gasteiger partial charge in [0.05, 0.1) is 24.9 Å². The van der Waals surface area contributed by atoms with Crippen molar-refractivity contribution in [2.75, 3.05) is 17.7 Å². The summed E-state index contributed by atoms with van der Waals surface area (Å²) >= 11 is 0. The van der Waals surface area contributed by atoms with E-state index in [1.807, 2.05) is 18.2 Å². The first kappa shape index (κ1) is 13.4. The van der Waals surface area contributed by atoms with Crippen LogP contribution in [0.5, 0.6) is 0 Å². The number of ether oxygens (including phenoxy) is 1. The molecule has 0 saturated heterocycles. The molecule has 0 aromatic heterocycles. The zero-order valence-electron chi connectivity index (χ0n) is 11.3. The Morgan fingerprint density at radius 3 is 2.74 bits per heavy atom. The second-order valence-corrected chi connectivity index (χ2v) is 4.93. The highest BCUT2D eigenvalue weighted by Gasteiger charge is 2.28. The summed E-state index contributed by atoms with van der Waals surface area (Å²) in [5, 5.41) is 5.89. The molecule has 0 radical (unpaired) electrons. The van der Waals surface area contributed by atoms with Gasteiger partial charge in [-0.05, 0) is 23.6 Å². The fraction of sp³-hybridized carbons (Fsp3) is 0.429. The lowest BCUT2D eigenvalue weighted by Gasteiger charge is -2.27. The van der Waals surface area contributed by atoms with Gasteiger partial charge < -0.3 is 15.4 Å². The van der Waals surface area contributed by atoms with Crippen LogP contribution in [0, 0.1) is 0 Å². The number of esters is 1. The van der Waals surface area contributed by atoms with Gasteiger partial charge in [0.1, 0.15) is 6.04 Å². The molecule has 5 heteroatoms. The first-order valence-electron chi connectivity index (χ1n) is 6.29. The van der Waals surface area contributed by atoms with Gasteiger partial charge in [-0.1, -0.05) is 19.9 Å². The molecule has 1 aromatic rings. The Hall–Kier alpha value is -2.04. The molecule has 5 nitrogen and oxygen atoms in total. The maximum absolute atomic E-state index is 11.8. The van der Waals surface area contributed by atoms with Gasteiger partial charge in [-0.25, -0.2) is 0 Å². The van der Waals surface area contributed by atoms with Crippen molar-refractivity contribution in [1.82, 2.24) is 0 Å². The molecule has 1 unspecified atom stereocenters. The van der Waals surface area contributed by atoms with Crippen molar-refractivity contribution in [1.29, 1.82) is 0 Å². The molecule has 1 aliphatic rings. The van der Waals surface area contributed by atoms with E-state index in [-0.39, 0.29) is 12.3 Å². The molecule has 1 aliphatic heterocycles. The number of amides is 1. The van der Waals surface area contributed by atoms with Crippen LogP contribution in [-0.2, 0) is 14.3 Å². The van der Waals surface area contributed by atoms with Gasteiger partial charge >= 0.3 is 5.97 Å². The molecule has 1 atom stereocenters.